The molecular formula is C15H23Cl2NO2. The van der Waals surface area contributed by atoms with Gasteiger partial charge >= 0.3 is 0 Å². The standard InChI is InChI=1S/C15H23Cl2NO2/c1-4-14(10(2)3)18-8-12(19)9-20-15-7-11(16)5-6-13(15)17/h5-7,10,12,14,18-19H,4,8-9H2,1-3H3. The van der Waals surface area contributed by atoms with Crippen LogP contribution in [-0.4, -0.2) is 30.4 Å². The first-order chi connectivity index (χ1) is 9.43. The van der Waals surface area contributed by atoms with Crippen molar-refractivity contribution in [2.45, 2.75) is 39.3 Å². The SMILES string of the molecule is CCC(NCC(O)COc1cc(Cl)ccc1Cl)C(C)C. The number of aliphatic hydroxyl groups is 1. The second-order valence-corrected chi connectivity index (χ2v) is 6.05. The van der Waals surface area contributed by atoms with E-state index in [-0.39, 0.29) is 6.61 Å². The minimum Gasteiger partial charge on any atom is -0.489 e. The van der Waals surface area contributed by atoms with Gasteiger partial charge in [-0.15, -0.1) is 0 Å². The third kappa shape index (κ3) is 5.88. The zero-order valence-corrected chi connectivity index (χ0v) is 13.7. The van der Waals surface area contributed by atoms with E-state index < -0.39 is 6.10 Å². The Kier molecular flexibility index (Phi) is 7.67. The summed E-state index contributed by atoms with van der Waals surface area (Å²) >= 11 is 11.9. The molecule has 3 nitrogen and oxygen atoms in total. The smallest absolute Gasteiger partial charge is 0.139 e. The van der Waals surface area contributed by atoms with Gasteiger partial charge in [0.15, 0.2) is 0 Å². The highest BCUT2D eigenvalue weighted by Crippen LogP contribution is 2.27. The Balaban J connectivity index is 2.39. The van der Waals surface area contributed by atoms with Crippen molar-refractivity contribution in [3.05, 3.63) is 28.2 Å². The molecular weight excluding hydrogens is 297 g/mol. The first kappa shape index (κ1) is 17.6. The molecule has 0 bridgehead atoms. The summed E-state index contributed by atoms with van der Waals surface area (Å²) in [7, 11) is 0. The fraction of sp³-hybridized carbons (Fsp3) is 0.600. The van der Waals surface area contributed by atoms with E-state index in [4.69, 9.17) is 27.9 Å². The molecule has 1 aromatic carbocycles. The Bertz CT molecular complexity index is 413. The highest BCUT2D eigenvalue weighted by atomic mass is 35.5. The summed E-state index contributed by atoms with van der Waals surface area (Å²) in [6.07, 6.45) is 0.448. The van der Waals surface area contributed by atoms with Crippen LogP contribution in [0.5, 0.6) is 5.75 Å². The molecule has 114 valence electrons. The average Bonchev–Trinajstić information content (AvgIpc) is 2.40. The first-order valence-corrected chi connectivity index (χ1v) is 7.69. The van der Waals surface area contributed by atoms with E-state index in [1.54, 1.807) is 18.2 Å². The van der Waals surface area contributed by atoms with Gasteiger partial charge in [-0.05, 0) is 24.5 Å². The van der Waals surface area contributed by atoms with Crippen LogP contribution in [0, 0.1) is 5.92 Å². The van der Waals surface area contributed by atoms with Crippen LogP contribution in [0.4, 0.5) is 0 Å². The number of benzene rings is 1. The van der Waals surface area contributed by atoms with Crippen LogP contribution in [-0.2, 0) is 0 Å². The van der Waals surface area contributed by atoms with Crippen LogP contribution < -0.4 is 10.1 Å². The van der Waals surface area contributed by atoms with Crippen molar-refractivity contribution < 1.29 is 9.84 Å². The third-order valence-electron chi connectivity index (χ3n) is 3.18. The molecule has 2 N–H and O–H groups in total. The maximum atomic E-state index is 9.93. The Labute approximate surface area is 131 Å². The van der Waals surface area contributed by atoms with Crippen molar-refractivity contribution in [1.29, 1.82) is 0 Å². The van der Waals surface area contributed by atoms with Gasteiger partial charge in [0.05, 0.1) is 5.02 Å². The molecule has 0 aromatic heterocycles. The monoisotopic (exact) mass is 319 g/mol. The lowest BCUT2D eigenvalue weighted by Crippen LogP contribution is -2.40. The minimum atomic E-state index is -0.585. The minimum absolute atomic E-state index is 0.182. The lowest BCUT2D eigenvalue weighted by Gasteiger charge is -2.22. The molecule has 0 amide bonds. The second kappa shape index (κ2) is 8.73. The molecule has 1 rings (SSSR count). The fourth-order valence-corrected chi connectivity index (χ4v) is 2.31. The molecule has 1 aromatic rings. The summed E-state index contributed by atoms with van der Waals surface area (Å²) in [5, 5.41) is 14.3. The number of halogens is 2. The molecule has 0 saturated heterocycles. The van der Waals surface area contributed by atoms with Crippen LogP contribution in [0.25, 0.3) is 0 Å². The molecule has 0 heterocycles. The molecule has 0 saturated carbocycles. The lowest BCUT2D eigenvalue weighted by atomic mass is 10.0. The van der Waals surface area contributed by atoms with Gasteiger partial charge < -0.3 is 15.2 Å². The molecule has 5 heteroatoms. The van der Waals surface area contributed by atoms with Crippen molar-refractivity contribution in [3.8, 4) is 5.75 Å². The van der Waals surface area contributed by atoms with Gasteiger partial charge in [-0.2, -0.15) is 0 Å². The van der Waals surface area contributed by atoms with E-state index in [1.165, 1.54) is 0 Å². The molecule has 0 fully saturated rings. The first-order valence-electron chi connectivity index (χ1n) is 6.93. The number of hydrogen-bond donors (Lipinski definition) is 2. The van der Waals surface area contributed by atoms with Gasteiger partial charge in [0.2, 0.25) is 0 Å². The van der Waals surface area contributed by atoms with Crippen molar-refractivity contribution in [2.24, 2.45) is 5.92 Å². The summed E-state index contributed by atoms with van der Waals surface area (Å²) < 4.78 is 5.50. The van der Waals surface area contributed by atoms with Gasteiger partial charge in [0, 0.05) is 23.7 Å². The second-order valence-electron chi connectivity index (χ2n) is 5.21. The zero-order chi connectivity index (χ0) is 15.1. The normalized spacial score (nSPS) is 14.3. The van der Waals surface area contributed by atoms with Crippen molar-refractivity contribution in [1.82, 2.24) is 5.32 Å². The van der Waals surface area contributed by atoms with E-state index in [0.29, 0.717) is 34.3 Å². The number of nitrogens with one attached hydrogen (secondary N) is 1. The molecule has 0 radical (unpaired) electrons. The number of ether oxygens (including phenoxy) is 1. The molecule has 2 atom stereocenters. The van der Waals surface area contributed by atoms with Crippen LogP contribution >= 0.6 is 23.2 Å². The summed E-state index contributed by atoms with van der Waals surface area (Å²) in [4.78, 5) is 0. The van der Waals surface area contributed by atoms with E-state index in [1.807, 2.05) is 0 Å². The average molecular weight is 320 g/mol. The molecule has 20 heavy (non-hydrogen) atoms. The van der Waals surface area contributed by atoms with E-state index >= 15 is 0 Å². The van der Waals surface area contributed by atoms with Crippen molar-refractivity contribution in [3.63, 3.8) is 0 Å². The predicted octanol–water partition coefficient (Wildman–Crippen LogP) is 3.76. The quantitative estimate of drug-likeness (QED) is 0.766. The predicted molar refractivity (Wildman–Crippen MR) is 84.9 cm³/mol. The molecule has 2 unspecified atom stereocenters. The van der Waals surface area contributed by atoms with Crippen LogP contribution in [0.15, 0.2) is 18.2 Å². The number of rotatable bonds is 8. The van der Waals surface area contributed by atoms with E-state index in [9.17, 15) is 5.11 Å². The molecule has 0 spiro atoms. The van der Waals surface area contributed by atoms with Crippen molar-refractivity contribution in [2.75, 3.05) is 13.2 Å². The Morgan fingerprint density at radius 2 is 2.00 bits per heavy atom. The molecule has 0 aliphatic rings. The number of aliphatic hydroxyl groups excluding tert-OH is 1. The summed E-state index contributed by atoms with van der Waals surface area (Å²) in [6.45, 7) is 7.13. The maximum Gasteiger partial charge on any atom is 0.139 e. The largest absolute Gasteiger partial charge is 0.489 e. The number of hydrogen-bond acceptors (Lipinski definition) is 3. The maximum absolute atomic E-state index is 9.93. The fourth-order valence-electron chi connectivity index (χ4n) is 1.97. The van der Waals surface area contributed by atoms with E-state index in [0.717, 1.165) is 6.42 Å². The van der Waals surface area contributed by atoms with Gasteiger partial charge in [-0.25, -0.2) is 0 Å². The van der Waals surface area contributed by atoms with Gasteiger partial charge in [0.1, 0.15) is 18.5 Å². The lowest BCUT2D eigenvalue weighted by molar-refractivity contribution is 0.101. The highest BCUT2D eigenvalue weighted by molar-refractivity contribution is 6.34. The summed E-state index contributed by atoms with van der Waals surface area (Å²) in [5.41, 5.74) is 0. The highest BCUT2D eigenvalue weighted by Gasteiger charge is 2.13. The summed E-state index contributed by atoms with van der Waals surface area (Å²) in [5.74, 6) is 1.03. The van der Waals surface area contributed by atoms with Crippen LogP contribution in [0.2, 0.25) is 10.0 Å². The molecule has 0 aliphatic heterocycles. The van der Waals surface area contributed by atoms with Gasteiger partial charge in [0.25, 0.3) is 0 Å². The van der Waals surface area contributed by atoms with Gasteiger partial charge in [-0.3, -0.25) is 0 Å². The van der Waals surface area contributed by atoms with Crippen LogP contribution in [0.1, 0.15) is 27.2 Å². The van der Waals surface area contributed by atoms with Gasteiger partial charge in [-0.1, -0.05) is 44.0 Å². The molecule has 0 aliphatic carbocycles. The van der Waals surface area contributed by atoms with E-state index in [2.05, 4.69) is 26.1 Å². The Morgan fingerprint density at radius 3 is 2.60 bits per heavy atom. The van der Waals surface area contributed by atoms with Crippen molar-refractivity contribution >= 4 is 23.2 Å². The third-order valence-corrected chi connectivity index (χ3v) is 3.73. The Morgan fingerprint density at radius 1 is 1.30 bits per heavy atom. The van der Waals surface area contributed by atoms with Crippen LogP contribution in [0.3, 0.4) is 0 Å². The zero-order valence-electron chi connectivity index (χ0n) is 12.2. The summed E-state index contributed by atoms with van der Waals surface area (Å²) in [6, 6.07) is 5.42. The topological polar surface area (TPSA) is 41.5 Å². The Hall–Kier alpha value is -0.480.